The Morgan fingerprint density at radius 1 is 0.441 bits per heavy atom. The van der Waals surface area contributed by atoms with Crippen LogP contribution in [0, 0.1) is 5.92 Å². The first-order chi connectivity index (χ1) is 29.3. The van der Waals surface area contributed by atoms with E-state index in [1.165, 1.54) is 82.4 Å². The summed E-state index contributed by atoms with van der Waals surface area (Å²) < 4.78 is 2.41. The molecular formula is C57H38N2. The van der Waals surface area contributed by atoms with Gasteiger partial charge in [-0.3, -0.25) is 0 Å². The topological polar surface area (TPSA) is 8.17 Å². The molecule has 2 heteroatoms. The molecule has 0 radical (unpaired) electrons. The van der Waals surface area contributed by atoms with Gasteiger partial charge in [0.2, 0.25) is 0 Å². The molecule has 59 heavy (non-hydrogen) atoms. The highest BCUT2D eigenvalue weighted by Crippen LogP contribution is 2.67. The van der Waals surface area contributed by atoms with E-state index < -0.39 is 0 Å². The van der Waals surface area contributed by atoms with E-state index in [0.29, 0.717) is 0 Å². The minimum absolute atomic E-state index is 0.0972. The van der Waals surface area contributed by atoms with Gasteiger partial charge in [-0.15, -0.1) is 0 Å². The summed E-state index contributed by atoms with van der Waals surface area (Å²) in [5.74, 6) is 0.261. The summed E-state index contributed by atoms with van der Waals surface area (Å²) in [5.41, 5.74) is 15.2. The number of anilines is 2. The van der Waals surface area contributed by atoms with Gasteiger partial charge in [0.25, 0.3) is 0 Å². The van der Waals surface area contributed by atoms with Crippen LogP contribution in [-0.4, -0.2) is 4.57 Å². The van der Waals surface area contributed by atoms with Crippen molar-refractivity contribution >= 4 is 54.7 Å². The van der Waals surface area contributed by atoms with Gasteiger partial charge in [0.05, 0.1) is 16.4 Å². The van der Waals surface area contributed by atoms with Gasteiger partial charge in [-0.2, -0.15) is 0 Å². The van der Waals surface area contributed by atoms with Crippen LogP contribution in [0.1, 0.15) is 28.2 Å². The van der Waals surface area contributed by atoms with Crippen LogP contribution in [0.15, 0.2) is 224 Å². The van der Waals surface area contributed by atoms with Crippen molar-refractivity contribution in [1.29, 1.82) is 0 Å². The summed E-state index contributed by atoms with van der Waals surface area (Å²) in [4.78, 5) is 2.58. The lowest BCUT2D eigenvalue weighted by molar-refractivity contribution is 0.451. The molecule has 2 unspecified atom stereocenters. The van der Waals surface area contributed by atoms with Crippen molar-refractivity contribution in [2.75, 3.05) is 4.90 Å². The van der Waals surface area contributed by atoms with Crippen LogP contribution in [0.3, 0.4) is 0 Å². The number of aromatic nitrogens is 1. The van der Waals surface area contributed by atoms with Crippen LogP contribution in [0.25, 0.3) is 60.2 Å². The second kappa shape index (κ2) is 12.3. The molecule has 1 aromatic heterocycles. The van der Waals surface area contributed by atoms with Crippen molar-refractivity contribution < 1.29 is 0 Å². The largest absolute Gasteiger partial charge is 0.314 e. The molecule has 1 heterocycles. The van der Waals surface area contributed by atoms with Gasteiger partial charge >= 0.3 is 0 Å². The third-order valence-electron chi connectivity index (χ3n) is 13.7. The average Bonchev–Trinajstić information content (AvgIpc) is 3.91. The molecule has 276 valence electrons. The number of nitrogens with zero attached hydrogens (tertiary/aromatic N) is 2. The fourth-order valence-corrected chi connectivity index (χ4v) is 11.4. The standard InChI is InChI=1S/C57H38N2/c1-2-16-39(17-3-1)59-53-27-13-9-21-45(53)48-36-41(33-34-54(48)59)58(40-32-31-38-30-29-37-15-4-5-18-42(37)47(38)35-40)55-28-14-26-52-56(55)46-22-8-12-25-51(46)57(52)49-23-10-6-19-43(49)44-20-7-11-24-50(44)57/h1-36,52,56H. The molecule has 2 atom stereocenters. The average molecular weight is 751 g/mol. The first-order valence-corrected chi connectivity index (χ1v) is 20.8. The van der Waals surface area contributed by atoms with Crippen LogP contribution in [0.2, 0.25) is 0 Å². The molecule has 0 amide bonds. The molecule has 3 aliphatic rings. The highest BCUT2D eigenvalue weighted by molar-refractivity contribution is 6.11. The Hall–Kier alpha value is -7.42. The highest BCUT2D eigenvalue weighted by Gasteiger charge is 2.58. The second-order valence-electron chi connectivity index (χ2n) is 16.4. The minimum Gasteiger partial charge on any atom is -0.314 e. The van der Waals surface area contributed by atoms with E-state index in [0.717, 1.165) is 17.1 Å². The Morgan fingerprint density at radius 3 is 1.81 bits per heavy atom. The lowest BCUT2D eigenvalue weighted by Gasteiger charge is -2.40. The third kappa shape index (κ3) is 4.41. The molecule has 0 bridgehead atoms. The molecule has 0 saturated heterocycles. The van der Waals surface area contributed by atoms with Crippen LogP contribution >= 0.6 is 0 Å². The number of benzene rings is 9. The summed E-state index contributed by atoms with van der Waals surface area (Å²) in [5, 5.41) is 7.52. The summed E-state index contributed by atoms with van der Waals surface area (Å²) in [6, 6.07) is 74.7. The van der Waals surface area contributed by atoms with Crippen LogP contribution in [0.5, 0.6) is 0 Å². The molecule has 0 fully saturated rings. The monoisotopic (exact) mass is 750 g/mol. The summed E-state index contributed by atoms with van der Waals surface area (Å²) in [6.45, 7) is 0. The molecule has 2 nitrogen and oxygen atoms in total. The molecule has 10 aromatic rings. The first kappa shape index (κ1) is 32.6. The van der Waals surface area contributed by atoms with E-state index in [9.17, 15) is 0 Å². The third-order valence-corrected chi connectivity index (χ3v) is 13.7. The Morgan fingerprint density at radius 2 is 1.02 bits per heavy atom. The number of fused-ring (bicyclic) bond motifs is 16. The summed E-state index contributed by atoms with van der Waals surface area (Å²) in [7, 11) is 0. The SMILES string of the molecule is C1=CC2C(C(N(c3ccc4ccc5ccccc5c4c3)c3ccc4c(c3)c3ccccc3n4-c3ccccc3)=C1)c1ccccc1C21c2ccccc2-c2ccccc21. The maximum atomic E-state index is 2.58. The van der Waals surface area contributed by atoms with Crippen LogP contribution < -0.4 is 4.90 Å². The second-order valence-corrected chi connectivity index (χ2v) is 16.4. The number of hydrogen-bond donors (Lipinski definition) is 0. The maximum absolute atomic E-state index is 2.58. The van der Waals surface area contributed by atoms with E-state index >= 15 is 0 Å². The minimum atomic E-state index is -0.317. The van der Waals surface area contributed by atoms with Gasteiger partial charge in [0, 0.05) is 45.4 Å². The van der Waals surface area contributed by atoms with Gasteiger partial charge in [-0.1, -0.05) is 164 Å². The summed E-state index contributed by atoms with van der Waals surface area (Å²) in [6.07, 6.45) is 7.25. The Balaban J connectivity index is 1.08. The van der Waals surface area contributed by atoms with Crippen molar-refractivity contribution in [3.8, 4) is 16.8 Å². The fraction of sp³-hybridized carbons (Fsp3) is 0.0526. The summed E-state index contributed by atoms with van der Waals surface area (Å²) >= 11 is 0. The highest BCUT2D eigenvalue weighted by atomic mass is 15.2. The zero-order chi connectivity index (χ0) is 38.7. The Labute approximate surface area is 343 Å². The number of hydrogen-bond acceptors (Lipinski definition) is 1. The molecule has 0 saturated carbocycles. The first-order valence-electron chi connectivity index (χ1n) is 20.8. The van der Waals surface area contributed by atoms with Gasteiger partial charge < -0.3 is 9.47 Å². The van der Waals surface area contributed by atoms with Gasteiger partial charge in [-0.25, -0.2) is 0 Å². The van der Waals surface area contributed by atoms with Crippen molar-refractivity contribution in [2.24, 2.45) is 5.92 Å². The normalized spacial score (nSPS) is 17.0. The predicted molar refractivity (Wildman–Crippen MR) is 246 cm³/mol. The van der Waals surface area contributed by atoms with E-state index in [4.69, 9.17) is 0 Å². The predicted octanol–water partition coefficient (Wildman–Crippen LogP) is 14.4. The molecule has 0 N–H and O–H groups in total. The zero-order valence-electron chi connectivity index (χ0n) is 32.3. The van der Waals surface area contributed by atoms with E-state index in [2.05, 4.69) is 228 Å². The van der Waals surface area contributed by atoms with Crippen LogP contribution in [0.4, 0.5) is 11.4 Å². The molecule has 3 aliphatic carbocycles. The maximum Gasteiger partial charge on any atom is 0.0542 e. The lowest BCUT2D eigenvalue weighted by Crippen LogP contribution is -2.35. The van der Waals surface area contributed by atoms with Gasteiger partial charge in [0.15, 0.2) is 0 Å². The lowest BCUT2D eigenvalue weighted by atomic mass is 9.65. The fourth-order valence-electron chi connectivity index (χ4n) is 11.4. The van der Waals surface area contributed by atoms with E-state index in [-0.39, 0.29) is 17.3 Å². The van der Waals surface area contributed by atoms with Gasteiger partial charge in [0.1, 0.15) is 0 Å². The van der Waals surface area contributed by atoms with E-state index in [1.807, 2.05) is 0 Å². The van der Waals surface area contributed by atoms with Crippen molar-refractivity contribution in [1.82, 2.24) is 4.57 Å². The number of allylic oxidation sites excluding steroid dienone is 4. The number of rotatable bonds is 4. The Kier molecular flexibility index (Phi) is 6.80. The van der Waals surface area contributed by atoms with Gasteiger partial charge in [-0.05, 0) is 110 Å². The zero-order valence-corrected chi connectivity index (χ0v) is 32.3. The van der Waals surface area contributed by atoms with Crippen molar-refractivity contribution in [3.05, 3.63) is 246 Å². The van der Waals surface area contributed by atoms with E-state index in [1.54, 1.807) is 0 Å². The van der Waals surface area contributed by atoms with Crippen LogP contribution in [-0.2, 0) is 5.41 Å². The van der Waals surface area contributed by atoms with Crippen molar-refractivity contribution in [2.45, 2.75) is 11.3 Å². The molecule has 1 spiro atoms. The molecule has 9 aromatic carbocycles. The quantitative estimate of drug-likeness (QED) is 0.163. The Bertz CT molecular complexity index is 3370. The smallest absolute Gasteiger partial charge is 0.0542 e. The molecular weight excluding hydrogens is 713 g/mol. The number of para-hydroxylation sites is 2. The molecule has 13 rings (SSSR count). The van der Waals surface area contributed by atoms with Crippen molar-refractivity contribution in [3.63, 3.8) is 0 Å². The molecule has 0 aliphatic heterocycles.